The summed E-state index contributed by atoms with van der Waals surface area (Å²) in [5.74, 6) is -3.46. The van der Waals surface area contributed by atoms with Gasteiger partial charge < -0.3 is 14.4 Å². The number of hydrogen-bond donors (Lipinski definition) is 1. The van der Waals surface area contributed by atoms with E-state index < -0.39 is 23.4 Å². The molecular formula is C16H16F2N2O4. The number of aromatic nitrogens is 2. The highest BCUT2D eigenvalue weighted by Gasteiger charge is 2.18. The number of unbranched alkanes of at least 4 members (excludes halogenated alkanes) is 1. The summed E-state index contributed by atoms with van der Waals surface area (Å²) in [7, 11) is 0. The van der Waals surface area contributed by atoms with E-state index in [2.05, 4.69) is 16.7 Å². The molecule has 0 atom stereocenters. The molecule has 6 nitrogen and oxygen atoms in total. The quantitative estimate of drug-likeness (QED) is 0.587. The molecule has 0 aliphatic rings. The van der Waals surface area contributed by atoms with Gasteiger partial charge in [0.2, 0.25) is 11.7 Å². The van der Waals surface area contributed by atoms with Crippen LogP contribution in [0.4, 0.5) is 8.78 Å². The molecule has 2 aromatic rings. The zero-order valence-corrected chi connectivity index (χ0v) is 13.0. The average Bonchev–Trinajstić information content (AvgIpc) is 2.98. The Morgan fingerprint density at radius 3 is 2.62 bits per heavy atom. The van der Waals surface area contributed by atoms with Gasteiger partial charge in [-0.3, -0.25) is 0 Å². The molecule has 0 aliphatic heterocycles. The summed E-state index contributed by atoms with van der Waals surface area (Å²) >= 11 is 0. The number of carboxylic acids is 1. The van der Waals surface area contributed by atoms with Crippen molar-refractivity contribution in [3.8, 4) is 17.1 Å². The van der Waals surface area contributed by atoms with Crippen LogP contribution in [-0.2, 0) is 11.2 Å². The Labute approximate surface area is 136 Å². The maximum atomic E-state index is 14.0. The van der Waals surface area contributed by atoms with Crippen molar-refractivity contribution in [1.82, 2.24) is 10.1 Å². The molecule has 1 N–H and O–H groups in total. The number of nitrogens with zero attached hydrogens (tertiary/aromatic N) is 2. The van der Waals surface area contributed by atoms with Crippen molar-refractivity contribution < 1.29 is 27.9 Å². The topological polar surface area (TPSA) is 85.5 Å². The van der Waals surface area contributed by atoms with Crippen LogP contribution in [0.25, 0.3) is 11.4 Å². The summed E-state index contributed by atoms with van der Waals surface area (Å²) < 4.78 is 38.0. The fourth-order valence-electron chi connectivity index (χ4n) is 1.85. The summed E-state index contributed by atoms with van der Waals surface area (Å²) in [6.45, 7) is 5.50. The normalized spacial score (nSPS) is 10.6. The van der Waals surface area contributed by atoms with E-state index in [1.807, 2.05) is 6.92 Å². The third kappa shape index (κ3) is 4.15. The van der Waals surface area contributed by atoms with Gasteiger partial charge in [-0.15, -0.1) is 0 Å². The van der Waals surface area contributed by atoms with Crippen LogP contribution in [-0.4, -0.2) is 27.8 Å². The zero-order chi connectivity index (χ0) is 17.7. The largest absolute Gasteiger partial charge is 0.488 e. The van der Waals surface area contributed by atoms with Crippen LogP contribution in [0.1, 0.15) is 25.7 Å². The maximum absolute atomic E-state index is 14.0. The molecule has 128 valence electrons. The van der Waals surface area contributed by atoms with Crippen LogP contribution >= 0.6 is 0 Å². The van der Waals surface area contributed by atoms with Gasteiger partial charge in [-0.1, -0.05) is 25.1 Å². The van der Waals surface area contributed by atoms with Crippen LogP contribution in [0.2, 0.25) is 0 Å². The first-order chi connectivity index (χ1) is 11.4. The van der Waals surface area contributed by atoms with E-state index in [1.54, 1.807) is 0 Å². The Kier molecular flexibility index (Phi) is 5.62. The van der Waals surface area contributed by atoms with Crippen LogP contribution in [0, 0.1) is 11.6 Å². The van der Waals surface area contributed by atoms with E-state index in [4.69, 9.17) is 14.4 Å². The van der Waals surface area contributed by atoms with Gasteiger partial charge in [0.05, 0.1) is 13.0 Å². The molecule has 1 aromatic carbocycles. The minimum atomic E-state index is -1.19. The Hall–Kier alpha value is -2.77. The number of carboxylic acid groups (broad SMARTS) is 1. The smallest absolute Gasteiger partial charge is 0.331 e. The Balaban J connectivity index is 2.19. The Morgan fingerprint density at radius 1 is 1.38 bits per heavy atom. The third-order valence-electron chi connectivity index (χ3n) is 3.14. The van der Waals surface area contributed by atoms with Gasteiger partial charge in [-0.05, 0) is 18.6 Å². The lowest BCUT2D eigenvalue weighted by Crippen LogP contribution is -2.02. The molecule has 1 aromatic heterocycles. The maximum Gasteiger partial charge on any atom is 0.331 e. The lowest BCUT2D eigenvalue weighted by Gasteiger charge is -2.08. The lowest BCUT2D eigenvalue weighted by atomic mass is 10.2. The van der Waals surface area contributed by atoms with Crippen molar-refractivity contribution in [3.05, 3.63) is 41.8 Å². The van der Waals surface area contributed by atoms with Gasteiger partial charge in [0.1, 0.15) is 0 Å². The molecule has 0 fully saturated rings. The van der Waals surface area contributed by atoms with Crippen LogP contribution in [0.15, 0.2) is 28.8 Å². The van der Waals surface area contributed by atoms with Crippen molar-refractivity contribution in [2.45, 2.75) is 26.2 Å². The van der Waals surface area contributed by atoms with Crippen LogP contribution in [0.5, 0.6) is 5.75 Å². The second kappa shape index (κ2) is 7.67. The highest BCUT2D eigenvalue weighted by molar-refractivity contribution is 5.86. The van der Waals surface area contributed by atoms with Crippen LogP contribution < -0.4 is 4.74 Å². The van der Waals surface area contributed by atoms with E-state index in [9.17, 15) is 13.6 Å². The Bertz CT molecular complexity index is 735. The van der Waals surface area contributed by atoms with Crippen molar-refractivity contribution in [3.63, 3.8) is 0 Å². The van der Waals surface area contributed by atoms with Crippen molar-refractivity contribution in [2.24, 2.45) is 0 Å². The second-order valence-corrected chi connectivity index (χ2v) is 5.07. The number of halogens is 2. The average molecular weight is 338 g/mol. The molecule has 2 rings (SSSR count). The Morgan fingerprint density at radius 2 is 2.04 bits per heavy atom. The molecule has 0 radical (unpaired) electrons. The molecule has 0 aliphatic carbocycles. The van der Waals surface area contributed by atoms with Crippen molar-refractivity contribution in [2.75, 3.05) is 6.61 Å². The number of aliphatic carboxylic acids is 1. The van der Waals surface area contributed by atoms with E-state index in [1.165, 1.54) is 0 Å². The molecule has 0 spiro atoms. The standard InChI is InChI=1S/C16H16F2N2O4/c1-3-4-5-23-14-11(17)7-10(8-12(14)18)15-19-13(24-20-15)6-9(2)16(21)22/h7-8H,2-6H2,1H3,(H,21,22). The molecule has 1 heterocycles. The minimum absolute atomic E-state index is 0.0125. The first-order valence-electron chi connectivity index (χ1n) is 7.28. The lowest BCUT2D eigenvalue weighted by molar-refractivity contribution is -0.132. The first-order valence-corrected chi connectivity index (χ1v) is 7.28. The molecule has 0 bridgehead atoms. The molecule has 8 heteroatoms. The summed E-state index contributed by atoms with van der Waals surface area (Å²) in [5, 5.41) is 12.3. The third-order valence-corrected chi connectivity index (χ3v) is 3.14. The predicted molar refractivity (Wildman–Crippen MR) is 80.5 cm³/mol. The first kappa shape index (κ1) is 17.6. The summed E-state index contributed by atoms with van der Waals surface area (Å²) in [5.41, 5.74) is -0.0778. The van der Waals surface area contributed by atoms with Crippen molar-refractivity contribution >= 4 is 5.97 Å². The molecule has 0 saturated heterocycles. The monoisotopic (exact) mass is 338 g/mol. The second-order valence-electron chi connectivity index (χ2n) is 5.07. The molecule has 0 unspecified atom stereocenters. The number of rotatable bonds is 8. The van der Waals surface area contributed by atoms with Crippen molar-refractivity contribution in [1.29, 1.82) is 0 Å². The van der Waals surface area contributed by atoms with Crippen LogP contribution in [0.3, 0.4) is 0 Å². The minimum Gasteiger partial charge on any atom is -0.488 e. The molecule has 0 amide bonds. The van der Waals surface area contributed by atoms with Gasteiger partial charge in [-0.2, -0.15) is 4.98 Å². The number of benzene rings is 1. The van der Waals surface area contributed by atoms with Gasteiger partial charge in [0.25, 0.3) is 0 Å². The number of hydrogen-bond acceptors (Lipinski definition) is 5. The SMILES string of the molecule is C=C(Cc1nc(-c2cc(F)c(OCCCC)c(F)c2)no1)C(=O)O. The fraction of sp³-hybridized carbons (Fsp3) is 0.312. The van der Waals surface area contributed by atoms with Gasteiger partial charge in [0.15, 0.2) is 17.4 Å². The van der Waals surface area contributed by atoms with E-state index >= 15 is 0 Å². The van der Waals surface area contributed by atoms with Gasteiger partial charge in [0, 0.05) is 11.1 Å². The van der Waals surface area contributed by atoms with E-state index in [0.717, 1.165) is 18.6 Å². The molecule has 24 heavy (non-hydrogen) atoms. The predicted octanol–water partition coefficient (Wildman–Crippen LogP) is 3.38. The summed E-state index contributed by atoms with van der Waals surface area (Å²) in [4.78, 5) is 14.6. The van der Waals surface area contributed by atoms with Gasteiger partial charge >= 0.3 is 5.97 Å². The number of carbonyl (C=O) groups is 1. The van der Waals surface area contributed by atoms with E-state index in [0.29, 0.717) is 6.42 Å². The highest BCUT2D eigenvalue weighted by atomic mass is 19.1. The number of ether oxygens (including phenoxy) is 1. The zero-order valence-electron chi connectivity index (χ0n) is 13.0. The highest BCUT2D eigenvalue weighted by Crippen LogP contribution is 2.28. The van der Waals surface area contributed by atoms with E-state index in [-0.39, 0.29) is 35.9 Å². The molecular weight excluding hydrogens is 322 g/mol. The summed E-state index contributed by atoms with van der Waals surface area (Å²) in [6.07, 6.45) is 1.36. The summed E-state index contributed by atoms with van der Waals surface area (Å²) in [6, 6.07) is 2.07. The van der Waals surface area contributed by atoms with Gasteiger partial charge in [-0.25, -0.2) is 13.6 Å². The molecule has 0 saturated carbocycles. The fourth-order valence-corrected chi connectivity index (χ4v) is 1.85.